The van der Waals surface area contributed by atoms with Crippen molar-refractivity contribution in [3.63, 3.8) is 0 Å². The summed E-state index contributed by atoms with van der Waals surface area (Å²) in [7, 11) is 0. The molecule has 0 saturated heterocycles. The summed E-state index contributed by atoms with van der Waals surface area (Å²) in [6.45, 7) is 1.84. The highest BCUT2D eigenvalue weighted by Gasteiger charge is 2.05. The Morgan fingerprint density at radius 1 is 1.47 bits per heavy atom. The van der Waals surface area contributed by atoms with Crippen LogP contribution in [0.25, 0.3) is 0 Å². The Balaban J connectivity index is 2.17. The molecule has 2 rings (SSSR count). The largest absolute Gasteiger partial charge is 0.331 e. The average Bonchev–Trinajstić information content (AvgIpc) is 2.74. The molecule has 15 heavy (non-hydrogen) atoms. The molecule has 1 N–H and O–H groups in total. The van der Waals surface area contributed by atoms with E-state index in [0.717, 1.165) is 5.69 Å². The number of carbonyl (C=O) groups excluding carboxylic acids is 1. The molecule has 0 aliphatic carbocycles. The fraction of sp³-hybridized carbons (Fsp3) is 0.100. The zero-order valence-electron chi connectivity index (χ0n) is 8.21. The van der Waals surface area contributed by atoms with Crippen LogP contribution in [0.1, 0.15) is 5.69 Å². The van der Waals surface area contributed by atoms with E-state index in [1.165, 1.54) is 10.9 Å². The molecule has 1 amide bonds. The monoisotopic (exact) mass is 202 g/mol. The van der Waals surface area contributed by atoms with Crippen LogP contribution in [0.4, 0.5) is 10.5 Å². The summed E-state index contributed by atoms with van der Waals surface area (Å²) in [5.41, 5.74) is 1.49. The second-order valence-corrected chi connectivity index (χ2v) is 3.04. The second kappa shape index (κ2) is 3.91. The van der Waals surface area contributed by atoms with E-state index in [2.05, 4.69) is 15.3 Å². The van der Waals surface area contributed by atoms with Crippen molar-refractivity contribution in [2.24, 2.45) is 0 Å². The number of imidazole rings is 1. The number of amides is 1. The summed E-state index contributed by atoms with van der Waals surface area (Å²) < 4.78 is 1.37. The zero-order valence-corrected chi connectivity index (χ0v) is 8.21. The summed E-state index contributed by atoms with van der Waals surface area (Å²) in [6, 6.07) is 3.33. The van der Waals surface area contributed by atoms with Crippen molar-refractivity contribution >= 4 is 11.7 Å². The molecule has 0 aliphatic rings. The third-order valence-corrected chi connectivity index (χ3v) is 1.99. The van der Waals surface area contributed by atoms with Gasteiger partial charge in [0.25, 0.3) is 0 Å². The highest BCUT2D eigenvalue weighted by Crippen LogP contribution is 2.10. The van der Waals surface area contributed by atoms with Gasteiger partial charge in [0.05, 0.1) is 11.4 Å². The van der Waals surface area contributed by atoms with Crippen LogP contribution in [-0.4, -0.2) is 20.6 Å². The lowest BCUT2D eigenvalue weighted by Gasteiger charge is -2.06. The van der Waals surface area contributed by atoms with Crippen molar-refractivity contribution in [2.45, 2.75) is 6.92 Å². The fourth-order valence-electron chi connectivity index (χ4n) is 1.18. The number of hydrogen-bond donors (Lipinski definition) is 1. The first-order valence-corrected chi connectivity index (χ1v) is 4.48. The number of nitrogens with one attached hydrogen (secondary N) is 1. The van der Waals surface area contributed by atoms with E-state index >= 15 is 0 Å². The maximum Gasteiger partial charge on any atom is 0.331 e. The molecule has 2 heterocycles. The maximum atomic E-state index is 11.6. The lowest BCUT2D eigenvalue weighted by molar-refractivity contribution is 0.253. The van der Waals surface area contributed by atoms with Gasteiger partial charge in [0.2, 0.25) is 0 Å². The number of pyridine rings is 1. The van der Waals surface area contributed by atoms with Crippen LogP contribution in [0.2, 0.25) is 0 Å². The van der Waals surface area contributed by atoms with Gasteiger partial charge in [-0.25, -0.2) is 9.78 Å². The van der Waals surface area contributed by atoms with Gasteiger partial charge in [0, 0.05) is 18.6 Å². The Morgan fingerprint density at radius 3 is 3.00 bits per heavy atom. The third-order valence-electron chi connectivity index (χ3n) is 1.99. The SMILES string of the molecule is Cc1ncccc1NC(=O)n1ccnc1. The predicted molar refractivity (Wildman–Crippen MR) is 55.6 cm³/mol. The molecule has 0 bridgehead atoms. The molecule has 0 atom stereocenters. The summed E-state index contributed by atoms with van der Waals surface area (Å²) in [5.74, 6) is 0. The molecular formula is C10H10N4O. The van der Waals surface area contributed by atoms with Crippen LogP contribution >= 0.6 is 0 Å². The van der Waals surface area contributed by atoms with Crippen molar-refractivity contribution < 1.29 is 4.79 Å². The van der Waals surface area contributed by atoms with E-state index in [4.69, 9.17) is 0 Å². The van der Waals surface area contributed by atoms with Gasteiger partial charge in [-0.3, -0.25) is 9.55 Å². The molecule has 0 fully saturated rings. The summed E-state index contributed by atoms with van der Waals surface area (Å²) in [5, 5.41) is 2.73. The number of aryl methyl sites for hydroxylation is 1. The van der Waals surface area contributed by atoms with Crippen molar-refractivity contribution in [1.29, 1.82) is 0 Å². The number of carbonyl (C=O) groups is 1. The number of nitrogens with zero attached hydrogens (tertiary/aromatic N) is 3. The van der Waals surface area contributed by atoms with E-state index in [1.807, 2.05) is 6.92 Å². The minimum absolute atomic E-state index is 0.247. The number of rotatable bonds is 1. The molecule has 5 heteroatoms. The standard InChI is InChI=1S/C10H10N4O/c1-8-9(3-2-4-12-8)13-10(15)14-6-5-11-7-14/h2-7H,1H3,(H,13,15). The maximum absolute atomic E-state index is 11.6. The molecule has 0 unspecified atom stereocenters. The van der Waals surface area contributed by atoms with Gasteiger partial charge in [-0.1, -0.05) is 0 Å². The van der Waals surface area contributed by atoms with Gasteiger partial charge < -0.3 is 5.32 Å². The second-order valence-electron chi connectivity index (χ2n) is 3.04. The first-order valence-electron chi connectivity index (χ1n) is 4.48. The molecule has 0 aromatic carbocycles. The van der Waals surface area contributed by atoms with Gasteiger partial charge >= 0.3 is 6.03 Å². The zero-order chi connectivity index (χ0) is 10.7. The Labute approximate surface area is 86.8 Å². The minimum Gasteiger partial charge on any atom is -0.305 e. The average molecular weight is 202 g/mol. The quantitative estimate of drug-likeness (QED) is 0.765. The first-order chi connectivity index (χ1) is 7.27. The molecular weight excluding hydrogens is 192 g/mol. The normalized spacial score (nSPS) is 9.93. The molecule has 0 saturated carbocycles. The van der Waals surface area contributed by atoms with Crippen LogP contribution in [0, 0.1) is 6.92 Å². The fourth-order valence-corrected chi connectivity index (χ4v) is 1.18. The van der Waals surface area contributed by atoms with Gasteiger partial charge in [-0.2, -0.15) is 0 Å². The van der Waals surface area contributed by atoms with Crippen molar-refractivity contribution in [1.82, 2.24) is 14.5 Å². The highest BCUT2D eigenvalue weighted by molar-refractivity contribution is 5.91. The van der Waals surface area contributed by atoms with Gasteiger partial charge in [0.15, 0.2) is 0 Å². The number of hydrogen-bond acceptors (Lipinski definition) is 3. The van der Waals surface area contributed by atoms with E-state index in [9.17, 15) is 4.79 Å². The molecule has 0 aliphatic heterocycles. The number of aromatic nitrogens is 3. The van der Waals surface area contributed by atoms with Crippen LogP contribution in [0.5, 0.6) is 0 Å². The number of anilines is 1. The van der Waals surface area contributed by atoms with E-state index in [-0.39, 0.29) is 6.03 Å². The smallest absolute Gasteiger partial charge is 0.305 e. The lowest BCUT2D eigenvalue weighted by Crippen LogP contribution is -2.18. The predicted octanol–water partition coefficient (Wildman–Crippen LogP) is 1.67. The topological polar surface area (TPSA) is 59.8 Å². The van der Waals surface area contributed by atoms with Crippen molar-refractivity contribution in [2.75, 3.05) is 5.32 Å². The summed E-state index contributed by atoms with van der Waals surface area (Å²) in [6.07, 6.45) is 6.26. The van der Waals surface area contributed by atoms with Crippen LogP contribution < -0.4 is 5.32 Å². The van der Waals surface area contributed by atoms with Gasteiger partial charge in [0.1, 0.15) is 6.33 Å². The molecule has 0 radical (unpaired) electrons. The van der Waals surface area contributed by atoms with Gasteiger partial charge in [-0.15, -0.1) is 0 Å². The molecule has 2 aromatic heterocycles. The Morgan fingerprint density at radius 2 is 2.33 bits per heavy atom. The Hall–Kier alpha value is -2.17. The highest BCUT2D eigenvalue weighted by atomic mass is 16.2. The van der Waals surface area contributed by atoms with Crippen molar-refractivity contribution in [3.8, 4) is 0 Å². The Bertz CT molecular complexity index is 464. The first kappa shape index (κ1) is 9.39. The van der Waals surface area contributed by atoms with E-state index in [1.54, 1.807) is 30.7 Å². The van der Waals surface area contributed by atoms with Crippen LogP contribution in [-0.2, 0) is 0 Å². The summed E-state index contributed by atoms with van der Waals surface area (Å²) >= 11 is 0. The third kappa shape index (κ3) is 2.01. The summed E-state index contributed by atoms with van der Waals surface area (Å²) in [4.78, 5) is 19.5. The minimum atomic E-state index is -0.247. The van der Waals surface area contributed by atoms with E-state index in [0.29, 0.717) is 5.69 Å². The van der Waals surface area contributed by atoms with Crippen LogP contribution in [0.3, 0.4) is 0 Å². The van der Waals surface area contributed by atoms with Crippen LogP contribution in [0.15, 0.2) is 37.1 Å². The van der Waals surface area contributed by atoms with Crippen molar-refractivity contribution in [3.05, 3.63) is 42.7 Å². The molecule has 76 valence electrons. The van der Waals surface area contributed by atoms with Gasteiger partial charge in [-0.05, 0) is 19.1 Å². The Kier molecular flexibility index (Phi) is 2.45. The molecule has 2 aromatic rings. The lowest BCUT2D eigenvalue weighted by atomic mass is 10.3. The molecule has 0 spiro atoms. The van der Waals surface area contributed by atoms with E-state index < -0.39 is 0 Å². The molecule has 5 nitrogen and oxygen atoms in total.